The van der Waals surface area contributed by atoms with Gasteiger partial charge in [-0.15, -0.1) is 0 Å². The highest BCUT2D eigenvalue weighted by atomic mass is 16.2. The molecule has 1 aromatic heterocycles. The van der Waals surface area contributed by atoms with E-state index in [4.69, 9.17) is 0 Å². The van der Waals surface area contributed by atoms with E-state index in [1.54, 1.807) is 6.92 Å². The van der Waals surface area contributed by atoms with Crippen molar-refractivity contribution in [1.29, 1.82) is 0 Å². The Balaban J connectivity index is 2.92. The Kier molecular flexibility index (Phi) is 3.16. The van der Waals surface area contributed by atoms with Crippen LogP contribution in [0.5, 0.6) is 0 Å². The molecule has 7 heteroatoms. The largest absolute Gasteiger partial charge is 0.355 e. The molecule has 0 aliphatic rings. The van der Waals surface area contributed by atoms with Crippen LogP contribution in [0, 0.1) is 0 Å². The molecule has 0 aromatic carbocycles. The minimum atomic E-state index is -0.691. The molecule has 2 N–H and O–H groups in total. The van der Waals surface area contributed by atoms with Gasteiger partial charge in [0, 0.05) is 6.54 Å². The van der Waals surface area contributed by atoms with Crippen molar-refractivity contribution in [1.82, 2.24) is 20.1 Å². The lowest BCUT2D eigenvalue weighted by Crippen LogP contribution is -2.40. The van der Waals surface area contributed by atoms with Gasteiger partial charge in [0.15, 0.2) is 0 Å². The van der Waals surface area contributed by atoms with Gasteiger partial charge < -0.3 is 5.32 Å². The summed E-state index contributed by atoms with van der Waals surface area (Å²) in [6.07, 6.45) is 0.945. The summed E-state index contributed by atoms with van der Waals surface area (Å²) in [5, 5.41) is 7.84. The van der Waals surface area contributed by atoms with Crippen LogP contribution in [0.3, 0.4) is 0 Å². The predicted molar refractivity (Wildman–Crippen MR) is 47.8 cm³/mol. The molecule has 0 bridgehead atoms. The summed E-state index contributed by atoms with van der Waals surface area (Å²) in [4.78, 5) is 33.2. The molecule has 0 saturated heterocycles. The molecule has 0 spiro atoms. The molecule has 0 aliphatic carbocycles. The number of aromatic nitrogens is 3. The molecule has 0 unspecified atom stereocenters. The van der Waals surface area contributed by atoms with E-state index < -0.39 is 11.2 Å². The number of H-pyrrole nitrogens is 1. The number of aromatic amines is 1. The van der Waals surface area contributed by atoms with E-state index in [1.807, 2.05) is 0 Å². The predicted octanol–water partition coefficient (Wildman–Crippen LogP) is -1.93. The minimum absolute atomic E-state index is 0.287. The van der Waals surface area contributed by atoms with Crippen molar-refractivity contribution in [2.45, 2.75) is 13.5 Å². The number of likely N-dealkylation sites (N-methyl/N-ethyl adjacent to an activating group) is 1. The second-order valence-electron chi connectivity index (χ2n) is 2.55. The smallest absolute Gasteiger partial charge is 0.345 e. The molecule has 0 fully saturated rings. The molecule has 1 heterocycles. The van der Waals surface area contributed by atoms with Gasteiger partial charge in [0.25, 0.3) is 5.56 Å². The van der Waals surface area contributed by atoms with E-state index in [0.717, 1.165) is 10.8 Å². The van der Waals surface area contributed by atoms with Gasteiger partial charge in [-0.3, -0.25) is 9.59 Å². The first-order valence-electron chi connectivity index (χ1n) is 4.06. The fraction of sp³-hybridized carbons (Fsp3) is 0.429. The summed E-state index contributed by atoms with van der Waals surface area (Å²) in [6.45, 7) is 1.92. The van der Waals surface area contributed by atoms with Crippen LogP contribution in [-0.2, 0) is 11.3 Å². The fourth-order valence-electron chi connectivity index (χ4n) is 0.919. The maximum absolute atomic E-state index is 11.1. The molecule has 1 aromatic rings. The van der Waals surface area contributed by atoms with Crippen LogP contribution in [0.15, 0.2) is 15.8 Å². The molecule has 76 valence electrons. The minimum Gasteiger partial charge on any atom is -0.355 e. The average Bonchev–Trinajstić information content (AvgIpc) is 2.12. The summed E-state index contributed by atoms with van der Waals surface area (Å²) >= 11 is 0. The summed E-state index contributed by atoms with van der Waals surface area (Å²) in [5.74, 6) is -0.383. The zero-order valence-electron chi connectivity index (χ0n) is 7.61. The first kappa shape index (κ1) is 10.2. The zero-order chi connectivity index (χ0) is 10.6. The van der Waals surface area contributed by atoms with Crippen LogP contribution >= 0.6 is 0 Å². The highest BCUT2D eigenvalue weighted by Gasteiger charge is 2.05. The Hall–Kier alpha value is -1.92. The van der Waals surface area contributed by atoms with Gasteiger partial charge in [0.2, 0.25) is 5.91 Å². The number of rotatable bonds is 3. The van der Waals surface area contributed by atoms with Gasteiger partial charge >= 0.3 is 5.69 Å². The lowest BCUT2D eigenvalue weighted by molar-refractivity contribution is -0.121. The van der Waals surface area contributed by atoms with Gasteiger partial charge in [-0.1, -0.05) is 0 Å². The molecular formula is C7H10N4O3. The Morgan fingerprint density at radius 3 is 2.93 bits per heavy atom. The molecule has 0 radical (unpaired) electrons. The van der Waals surface area contributed by atoms with E-state index in [0.29, 0.717) is 6.54 Å². The Labute approximate surface area is 78.8 Å². The second-order valence-corrected chi connectivity index (χ2v) is 2.55. The molecule has 14 heavy (non-hydrogen) atoms. The number of nitrogens with zero attached hydrogens (tertiary/aromatic N) is 2. The molecule has 7 nitrogen and oxygen atoms in total. The van der Waals surface area contributed by atoms with Crippen molar-refractivity contribution in [2.75, 3.05) is 6.54 Å². The summed E-state index contributed by atoms with van der Waals surface area (Å²) in [6, 6.07) is 0. The molecule has 0 atom stereocenters. The van der Waals surface area contributed by atoms with E-state index in [-0.39, 0.29) is 12.5 Å². The first-order chi connectivity index (χ1) is 6.65. The van der Waals surface area contributed by atoms with Crippen molar-refractivity contribution in [3.05, 3.63) is 27.0 Å². The lowest BCUT2D eigenvalue weighted by atomic mass is 10.5. The SMILES string of the molecule is CCNC(=O)Cn1c(=O)cn[nH]c1=O. The normalized spacial score (nSPS) is 9.79. The third-order valence-electron chi connectivity index (χ3n) is 1.52. The van der Waals surface area contributed by atoms with E-state index in [1.165, 1.54) is 0 Å². The number of amides is 1. The fourth-order valence-corrected chi connectivity index (χ4v) is 0.919. The maximum Gasteiger partial charge on any atom is 0.345 e. The lowest BCUT2D eigenvalue weighted by Gasteiger charge is -2.02. The molecule has 1 amide bonds. The van der Waals surface area contributed by atoms with Gasteiger partial charge in [-0.2, -0.15) is 5.10 Å². The van der Waals surface area contributed by atoms with Crippen molar-refractivity contribution in [2.24, 2.45) is 0 Å². The van der Waals surface area contributed by atoms with Crippen molar-refractivity contribution < 1.29 is 4.79 Å². The quantitative estimate of drug-likeness (QED) is 0.591. The Morgan fingerprint density at radius 1 is 1.64 bits per heavy atom. The monoisotopic (exact) mass is 198 g/mol. The van der Waals surface area contributed by atoms with E-state index >= 15 is 0 Å². The van der Waals surface area contributed by atoms with Gasteiger partial charge in [-0.25, -0.2) is 14.5 Å². The third kappa shape index (κ3) is 2.28. The standard InChI is InChI=1S/C7H10N4O3/c1-2-8-5(12)4-11-6(13)3-9-10-7(11)14/h3H,2,4H2,1H3,(H,8,12)(H,10,14). The summed E-state index contributed by atoms with van der Waals surface area (Å²) in [7, 11) is 0. The van der Waals surface area contributed by atoms with Crippen molar-refractivity contribution in [3.8, 4) is 0 Å². The van der Waals surface area contributed by atoms with E-state index in [2.05, 4.69) is 15.5 Å². The topological polar surface area (TPSA) is 96.8 Å². The molecule has 0 aliphatic heterocycles. The van der Waals surface area contributed by atoms with Crippen LogP contribution < -0.4 is 16.6 Å². The van der Waals surface area contributed by atoms with Crippen LogP contribution in [0.1, 0.15) is 6.92 Å². The number of hydrogen-bond acceptors (Lipinski definition) is 4. The molecule has 0 saturated carbocycles. The summed E-state index contributed by atoms with van der Waals surface area (Å²) in [5.41, 5.74) is -1.29. The average molecular weight is 198 g/mol. The highest BCUT2D eigenvalue weighted by Crippen LogP contribution is 1.71. The third-order valence-corrected chi connectivity index (χ3v) is 1.52. The van der Waals surface area contributed by atoms with Crippen LogP contribution in [0.2, 0.25) is 0 Å². The Bertz CT molecular complexity index is 405. The summed E-state index contributed by atoms with van der Waals surface area (Å²) < 4.78 is 0.776. The number of carbonyl (C=O) groups excluding carboxylic acids is 1. The van der Waals surface area contributed by atoms with Crippen molar-refractivity contribution >= 4 is 5.91 Å². The second kappa shape index (κ2) is 4.35. The zero-order valence-corrected chi connectivity index (χ0v) is 7.61. The Morgan fingerprint density at radius 2 is 2.36 bits per heavy atom. The molecule has 1 rings (SSSR count). The number of hydrogen-bond donors (Lipinski definition) is 2. The van der Waals surface area contributed by atoms with Crippen LogP contribution in [-0.4, -0.2) is 27.2 Å². The first-order valence-corrected chi connectivity index (χ1v) is 4.06. The van der Waals surface area contributed by atoms with Crippen LogP contribution in [0.25, 0.3) is 0 Å². The number of carbonyl (C=O) groups is 1. The van der Waals surface area contributed by atoms with Gasteiger partial charge in [-0.05, 0) is 6.92 Å². The van der Waals surface area contributed by atoms with Gasteiger partial charge in [0.1, 0.15) is 12.7 Å². The van der Waals surface area contributed by atoms with Crippen molar-refractivity contribution in [3.63, 3.8) is 0 Å². The highest BCUT2D eigenvalue weighted by molar-refractivity contribution is 5.75. The van der Waals surface area contributed by atoms with E-state index in [9.17, 15) is 14.4 Å². The van der Waals surface area contributed by atoms with Gasteiger partial charge in [0.05, 0.1) is 0 Å². The maximum atomic E-state index is 11.1. The van der Waals surface area contributed by atoms with Crippen LogP contribution in [0.4, 0.5) is 0 Å². The molecular weight excluding hydrogens is 188 g/mol. The number of nitrogens with one attached hydrogen (secondary N) is 2.